The Labute approximate surface area is 85.9 Å². The van der Waals surface area contributed by atoms with E-state index in [1.807, 2.05) is 0 Å². The van der Waals surface area contributed by atoms with Gasteiger partial charge in [-0.05, 0) is 19.4 Å². The fraction of sp³-hybridized carbons (Fsp3) is 0.444. The Morgan fingerprint density at radius 1 is 1.40 bits per heavy atom. The van der Waals surface area contributed by atoms with E-state index in [2.05, 4.69) is 10.2 Å². The Balaban J connectivity index is 3.04. The lowest BCUT2D eigenvalue weighted by atomic mass is 9.98. The molecule has 1 heterocycles. The predicted octanol–water partition coefficient (Wildman–Crippen LogP) is 0.669. The van der Waals surface area contributed by atoms with Gasteiger partial charge in [0.25, 0.3) is 0 Å². The van der Waals surface area contributed by atoms with Crippen molar-refractivity contribution in [3.05, 3.63) is 17.0 Å². The van der Waals surface area contributed by atoms with Gasteiger partial charge in [0.1, 0.15) is 5.92 Å². The molecule has 0 fully saturated rings. The summed E-state index contributed by atoms with van der Waals surface area (Å²) in [4.78, 5) is 21.4. The Hall–Kier alpha value is -1.85. The number of nitrogens with one attached hydrogen (secondary N) is 1. The highest BCUT2D eigenvalue weighted by molar-refractivity contribution is 5.82. The van der Waals surface area contributed by atoms with Crippen molar-refractivity contribution in [2.45, 2.75) is 26.2 Å². The Bertz CT molecular complexity index is 397. The van der Waals surface area contributed by atoms with Crippen molar-refractivity contribution in [3.8, 4) is 0 Å². The molecule has 15 heavy (non-hydrogen) atoms. The van der Waals surface area contributed by atoms with Gasteiger partial charge in [0.15, 0.2) is 0 Å². The molecule has 1 aromatic heterocycles. The second-order valence-electron chi connectivity index (χ2n) is 3.35. The number of rotatable bonds is 4. The van der Waals surface area contributed by atoms with E-state index < -0.39 is 24.3 Å². The molecule has 3 N–H and O–H groups in total. The highest BCUT2D eigenvalue weighted by atomic mass is 16.4. The van der Waals surface area contributed by atoms with Gasteiger partial charge in [0.2, 0.25) is 0 Å². The lowest BCUT2D eigenvalue weighted by molar-refractivity contribution is -0.145. The Morgan fingerprint density at radius 3 is 2.33 bits per heavy atom. The van der Waals surface area contributed by atoms with Crippen LogP contribution in [0.4, 0.5) is 0 Å². The Morgan fingerprint density at radius 2 is 2.00 bits per heavy atom. The molecular weight excluding hydrogens is 200 g/mol. The van der Waals surface area contributed by atoms with Crippen molar-refractivity contribution in [3.63, 3.8) is 0 Å². The van der Waals surface area contributed by atoms with Crippen LogP contribution in [-0.2, 0) is 9.59 Å². The molecule has 6 heteroatoms. The summed E-state index contributed by atoms with van der Waals surface area (Å²) in [5.74, 6) is -3.41. The van der Waals surface area contributed by atoms with Crippen molar-refractivity contribution in [1.82, 2.24) is 10.2 Å². The molecule has 0 saturated heterocycles. The maximum atomic E-state index is 10.9. The number of aryl methyl sites for hydroxylation is 1. The van der Waals surface area contributed by atoms with E-state index in [4.69, 9.17) is 10.2 Å². The van der Waals surface area contributed by atoms with E-state index >= 15 is 0 Å². The zero-order valence-electron chi connectivity index (χ0n) is 8.44. The number of hydrogen-bond acceptors (Lipinski definition) is 3. The first kappa shape index (κ1) is 11.2. The molecule has 0 aromatic carbocycles. The van der Waals surface area contributed by atoms with Crippen LogP contribution in [0, 0.1) is 13.8 Å². The quantitative estimate of drug-likeness (QED) is 0.680. The molecule has 0 amide bonds. The molecule has 6 nitrogen and oxygen atoms in total. The summed E-state index contributed by atoms with van der Waals surface area (Å²) >= 11 is 0. The number of H-pyrrole nitrogens is 1. The summed E-state index contributed by atoms with van der Waals surface area (Å²) in [6, 6.07) is 0. The summed E-state index contributed by atoms with van der Waals surface area (Å²) in [5.41, 5.74) is 1.74. The topological polar surface area (TPSA) is 103 Å². The summed E-state index contributed by atoms with van der Waals surface area (Å²) in [7, 11) is 0. The summed E-state index contributed by atoms with van der Waals surface area (Å²) in [6.07, 6.45) is -0.458. The standard InChI is InChI=1S/C9H12N2O4/c1-4-5(2)10-11-8(4)6(9(14)15)3-7(12)13/h6H,3H2,1-2H3,(H,10,11)(H,12,13)(H,14,15). The molecule has 0 radical (unpaired) electrons. The van der Waals surface area contributed by atoms with Crippen molar-refractivity contribution in [2.75, 3.05) is 0 Å². The minimum atomic E-state index is -1.17. The maximum absolute atomic E-state index is 10.9. The number of aromatic amines is 1. The fourth-order valence-corrected chi connectivity index (χ4v) is 1.32. The van der Waals surface area contributed by atoms with E-state index in [1.165, 1.54) is 0 Å². The molecule has 1 rings (SSSR count). The third-order valence-electron chi connectivity index (χ3n) is 2.30. The van der Waals surface area contributed by atoms with E-state index in [0.29, 0.717) is 11.3 Å². The second-order valence-corrected chi connectivity index (χ2v) is 3.35. The first-order chi connectivity index (χ1) is 6.93. The van der Waals surface area contributed by atoms with Crippen LogP contribution in [0.15, 0.2) is 0 Å². The monoisotopic (exact) mass is 212 g/mol. The van der Waals surface area contributed by atoms with E-state index in [1.54, 1.807) is 13.8 Å². The summed E-state index contributed by atoms with van der Waals surface area (Å²) in [6.45, 7) is 3.47. The van der Waals surface area contributed by atoms with Crippen LogP contribution in [0.3, 0.4) is 0 Å². The first-order valence-corrected chi connectivity index (χ1v) is 4.39. The van der Waals surface area contributed by atoms with Gasteiger partial charge in [0, 0.05) is 5.69 Å². The van der Waals surface area contributed by atoms with Crippen LogP contribution in [-0.4, -0.2) is 32.3 Å². The van der Waals surface area contributed by atoms with Gasteiger partial charge < -0.3 is 10.2 Å². The fourth-order valence-electron chi connectivity index (χ4n) is 1.32. The van der Waals surface area contributed by atoms with Crippen molar-refractivity contribution in [2.24, 2.45) is 0 Å². The van der Waals surface area contributed by atoms with Crippen LogP contribution in [0.25, 0.3) is 0 Å². The highest BCUT2D eigenvalue weighted by Crippen LogP contribution is 2.22. The number of carboxylic acid groups (broad SMARTS) is 2. The van der Waals surface area contributed by atoms with Gasteiger partial charge in [-0.3, -0.25) is 14.7 Å². The molecule has 0 aliphatic heterocycles. The number of nitrogens with zero attached hydrogens (tertiary/aromatic N) is 1. The minimum absolute atomic E-state index is 0.294. The van der Waals surface area contributed by atoms with Crippen molar-refractivity contribution >= 4 is 11.9 Å². The highest BCUT2D eigenvalue weighted by Gasteiger charge is 2.27. The molecule has 1 unspecified atom stereocenters. The molecule has 0 aliphatic rings. The van der Waals surface area contributed by atoms with E-state index in [-0.39, 0.29) is 0 Å². The lowest BCUT2D eigenvalue weighted by Crippen LogP contribution is -2.17. The van der Waals surface area contributed by atoms with Crippen molar-refractivity contribution in [1.29, 1.82) is 0 Å². The van der Waals surface area contributed by atoms with E-state index in [0.717, 1.165) is 5.69 Å². The number of hydrogen-bond donors (Lipinski definition) is 3. The number of aromatic nitrogens is 2. The third-order valence-corrected chi connectivity index (χ3v) is 2.30. The Kier molecular flexibility index (Phi) is 3.08. The smallest absolute Gasteiger partial charge is 0.313 e. The van der Waals surface area contributed by atoms with Crippen LogP contribution >= 0.6 is 0 Å². The molecule has 0 spiro atoms. The normalized spacial score (nSPS) is 12.4. The molecule has 0 bridgehead atoms. The molecule has 0 aliphatic carbocycles. The van der Waals surface area contributed by atoms with Gasteiger partial charge in [-0.2, -0.15) is 5.10 Å². The number of aliphatic carboxylic acids is 2. The number of carbonyl (C=O) groups is 2. The molecular formula is C9H12N2O4. The average Bonchev–Trinajstić information content (AvgIpc) is 2.44. The molecule has 0 saturated carbocycles. The first-order valence-electron chi connectivity index (χ1n) is 4.39. The van der Waals surface area contributed by atoms with Crippen LogP contribution in [0.1, 0.15) is 29.3 Å². The van der Waals surface area contributed by atoms with Gasteiger partial charge in [0.05, 0.1) is 12.1 Å². The largest absolute Gasteiger partial charge is 0.481 e. The summed E-state index contributed by atoms with van der Waals surface area (Å²) in [5, 5.41) is 23.9. The molecule has 1 atom stereocenters. The minimum Gasteiger partial charge on any atom is -0.481 e. The SMILES string of the molecule is Cc1[nH]nc(C(CC(=O)O)C(=O)O)c1C. The maximum Gasteiger partial charge on any atom is 0.313 e. The van der Waals surface area contributed by atoms with Crippen molar-refractivity contribution < 1.29 is 19.8 Å². The van der Waals surface area contributed by atoms with Crippen LogP contribution in [0.5, 0.6) is 0 Å². The van der Waals surface area contributed by atoms with Gasteiger partial charge in [-0.1, -0.05) is 0 Å². The van der Waals surface area contributed by atoms with Gasteiger partial charge >= 0.3 is 11.9 Å². The van der Waals surface area contributed by atoms with Gasteiger partial charge in [-0.25, -0.2) is 0 Å². The van der Waals surface area contributed by atoms with Crippen LogP contribution in [0.2, 0.25) is 0 Å². The second kappa shape index (κ2) is 4.12. The lowest BCUT2D eigenvalue weighted by Gasteiger charge is -2.07. The zero-order valence-corrected chi connectivity index (χ0v) is 8.44. The van der Waals surface area contributed by atoms with Gasteiger partial charge in [-0.15, -0.1) is 0 Å². The molecule has 1 aromatic rings. The van der Waals surface area contributed by atoms with Crippen LogP contribution < -0.4 is 0 Å². The predicted molar refractivity (Wildman–Crippen MR) is 50.7 cm³/mol. The molecule has 82 valence electrons. The number of carboxylic acids is 2. The van der Waals surface area contributed by atoms with E-state index in [9.17, 15) is 9.59 Å². The summed E-state index contributed by atoms with van der Waals surface area (Å²) < 4.78 is 0. The zero-order chi connectivity index (χ0) is 11.6. The third kappa shape index (κ3) is 2.34. The average molecular weight is 212 g/mol.